The Kier molecular flexibility index (Phi) is 5.72. The summed E-state index contributed by atoms with van der Waals surface area (Å²) < 4.78 is 10.2. The molecule has 3 nitrogen and oxygen atoms in total. The van der Waals surface area contributed by atoms with Crippen LogP contribution >= 0.6 is 0 Å². The van der Waals surface area contributed by atoms with Crippen LogP contribution in [0.2, 0.25) is 5.04 Å². The van der Waals surface area contributed by atoms with Gasteiger partial charge in [-0.05, 0) is 18.4 Å². The molecule has 0 rings (SSSR count). The summed E-state index contributed by atoms with van der Waals surface area (Å²) in [7, 11) is 1.20. The minimum absolute atomic E-state index is 0.185. The SMILES string of the molecule is C=C(C)C(=O)OCCC(C)(C)[SiH2]OC. The highest BCUT2D eigenvalue weighted by Crippen LogP contribution is 2.27. The van der Waals surface area contributed by atoms with Gasteiger partial charge in [-0.15, -0.1) is 0 Å². The molecule has 0 fully saturated rings. The summed E-state index contributed by atoms with van der Waals surface area (Å²) in [6, 6.07) is 0. The third-order valence-corrected chi connectivity index (χ3v) is 3.32. The van der Waals surface area contributed by atoms with Crippen LogP contribution in [0, 0.1) is 0 Å². The van der Waals surface area contributed by atoms with E-state index >= 15 is 0 Å². The van der Waals surface area contributed by atoms with E-state index < -0.39 is 9.76 Å². The zero-order valence-electron chi connectivity index (χ0n) is 9.55. The summed E-state index contributed by atoms with van der Waals surface area (Å²) in [6.07, 6.45) is 0.853. The van der Waals surface area contributed by atoms with Crippen LogP contribution in [-0.4, -0.2) is 29.4 Å². The van der Waals surface area contributed by atoms with Crippen molar-refractivity contribution < 1.29 is 14.0 Å². The smallest absolute Gasteiger partial charge is 0.333 e. The molecule has 0 heterocycles. The standard InChI is InChI=1S/C10H20O3Si/c1-8(2)9(11)13-7-6-10(3,4)14-12-5/h1,6-7,14H2,2-5H3. The highest BCUT2D eigenvalue weighted by molar-refractivity contribution is 6.31. The summed E-state index contributed by atoms with van der Waals surface area (Å²) in [6.45, 7) is 9.89. The second-order valence-corrected chi connectivity index (χ2v) is 7.04. The molecular weight excluding hydrogens is 196 g/mol. The number of rotatable bonds is 6. The van der Waals surface area contributed by atoms with E-state index in [1.165, 1.54) is 0 Å². The van der Waals surface area contributed by atoms with Gasteiger partial charge in [0, 0.05) is 12.7 Å². The molecule has 0 unspecified atom stereocenters. The van der Waals surface area contributed by atoms with Crippen molar-refractivity contribution in [1.82, 2.24) is 0 Å². The first-order valence-electron chi connectivity index (χ1n) is 4.70. The number of esters is 1. The van der Waals surface area contributed by atoms with E-state index in [-0.39, 0.29) is 11.0 Å². The number of ether oxygens (including phenoxy) is 1. The largest absolute Gasteiger partial charge is 0.462 e. The van der Waals surface area contributed by atoms with E-state index in [2.05, 4.69) is 20.4 Å². The van der Waals surface area contributed by atoms with Crippen LogP contribution in [0.25, 0.3) is 0 Å². The van der Waals surface area contributed by atoms with Gasteiger partial charge in [-0.2, -0.15) is 0 Å². The molecule has 0 aromatic rings. The summed E-state index contributed by atoms with van der Waals surface area (Å²) in [4.78, 5) is 11.0. The summed E-state index contributed by atoms with van der Waals surface area (Å²) in [5.74, 6) is -0.306. The summed E-state index contributed by atoms with van der Waals surface area (Å²) in [5, 5.41) is 0.185. The Morgan fingerprint density at radius 3 is 2.50 bits per heavy atom. The maximum Gasteiger partial charge on any atom is 0.333 e. The van der Waals surface area contributed by atoms with Gasteiger partial charge in [-0.1, -0.05) is 20.4 Å². The van der Waals surface area contributed by atoms with E-state index in [1.54, 1.807) is 14.0 Å². The number of carbonyl (C=O) groups excluding carboxylic acids is 1. The van der Waals surface area contributed by atoms with Gasteiger partial charge in [0.15, 0.2) is 9.76 Å². The Hall–Kier alpha value is -0.613. The van der Waals surface area contributed by atoms with Crippen LogP contribution in [0.1, 0.15) is 27.2 Å². The fraction of sp³-hybridized carbons (Fsp3) is 0.700. The highest BCUT2D eigenvalue weighted by atomic mass is 28.2. The quantitative estimate of drug-likeness (QED) is 0.383. The van der Waals surface area contributed by atoms with Gasteiger partial charge in [-0.3, -0.25) is 0 Å². The normalized spacial score (nSPS) is 12.0. The van der Waals surface area contributed by atoms with Crippen molar-refractivity contribution >= 4 is 15.7 Å². The van der Waals surface area contributed by atoms with Gasteiger partial charge in [0.05, 0.1) is 6.61 Å². The minimum Gasteiger partial charge on any atom is -0.462 e. The van der Waals surface area contributed by atoms with E-state index in [0.29, 0.717) is 12.2 Å². The molecule has 0 spiro atoms. The third kappa shape index (κ3) is 5.94. The predicted molar refractivity (Wildman–Crippen MR) is 60.0 cm³/mol. The number of hydrogen-bond acceptors (Lipinski definition) is 3. The lowest BCUT2D eigenvalue weighted by molar-refractivity contribution is -0.139. The van der Waals surface area contributed by atoms with Gasteiger partial charge in [0.25, 0.3) is 0 Å². The van der Waals surface area contributed by atoms with Gasteiger partial charge in [0.2, 0.25) is 0 Å². The van der Waals surface area contributed by atoms with Gasteiger partial charge >= 0.3 is 5.97 Å². The van der Waals surface area contributed by atoms with Crippen LogP contribution in [-0.2, 0) is 14.0 Å². The minimum atomic E-state index is -0.528. The molecule has 0 amide bonds. The Bertz CT molecular complexity index is 211. The van der Waals surface area contributed by atoms with Crippen molar-refractivity contribution in [2.45, 2.75) is 32.2 Å². The van der Waals surface area contributed by atoms with Crippen molar-refractivity contribution in [3.8, 4) is 0 Å². The maximum absolute atomic E-state index is 11.0. The molecule has 4 heteroatoms. The molecule has 82 valence electrons. The molecule has 0 saturated carbocycles. The van der Waals surface area contributed by atoms with E-state index in [0.717, 1.165) is 6.42 Å². The average molecular weight is 216 g/mol. The lowest BCUT2D eigenvalue weighted by Gasteiger charge is -2.22. The second-order valence-electron chi connectivity index (χ2n) is 4.26. The molecular formula is C10H20O3Si. The topological polar surface area (TPSA) is 35.5 Å². The van der Waals surface area contributed by atoms with E-state index in [1.807, 2.05) is 0 Å². The Labute approximate surface area is 88.4 Å². The van der Waals surface area contributed by atoms with Crippen molar-refractivity contribution in [3.05, 3.63) is 12.2 Å². The molecule has 0 bridgehead atoms. The summed E-state index contributed by atoms with van der Waals surface area (Å²) >= 11 is 0. The van der Waals surface area contributed by atoms with Crippen LogP contribution < -0.4 is 0 Å². The molecule has 0 aliphatic heterocycles. The molecule has 0 saturated heterocycles. The van der Waals surface area contributed by atoms with Gasteiger partial charge in [-0.25, -0.2) is 4.79 Å². The first-order valence-corrected chi connectivity index (χ1v) is 5.99. The fourth-order valence-corrected chi connectivity index (χ4v) is 2.08. The van der Waals surface area contributed by atoms with Crippen molar-refractivity contribution in [3.63, 3.8) is 0 Å². The van der Waals surface area contributed by atoms with Crippen LogP contribution in [0.4, 0.5) is 0 Å². The monoisotopic (exact) mass is 216 g/mol. The molecule has 14 heavy (non-hydrogen) atoms. The first kappa shape index (κ1) is 13.4. The fourth-order valence-electron chi connectivity index (χ4n) is 1.01. The molecule has 0 aromatic carbocycles. The molecule has 0 aliphatic rings. The van der Waals surface area contributed by atoms with Crippen molar-refractivity contribution in [2.75, 3.05) is 13.7 Å². The maximum atomic E-state index is 11.0. The van der Waals surface area contributed by atoms with Crippen molar-refractivity contribution in [1.29, 1.82) is 0 Å². The van der Waals surface area contributed by atoms with Crippen molar-refractivity contribution in [2.24, 2.45) is 0 Å². The molecule has 0 aromatic heterocycles. The lowest BCUT2D eigenvalue weighted by atomic mass is 10.1. The van der Waals surface area contributed by atoms with Crippen LogP contribution in [0.3, 0.4) is 0 Å². The zero-order chi connectivity index (χ0) is 11.2. The Morgan fingerprint density at radius 1 is 1.50 bits per heavy atom. The third-order valence-electron chi connectivity index (χ3n) is 1.90. The predicted octanol–water partition coefficient (Wildman–Crippen LogP) is 1.42. The van der Waals surface area contributed by atoms with Gasteiger partial charge < -0.3 is 9.16 Å². The van der Waals surface area contributed by atoms with E-state index in [9.17, 15) is 4.79 Å². The molecule has 0 radical (unpaired) electrons. The summed E-state index contributed by atoms with van der Waals surface area (Å²) in [5.41, 5.74) is 0.451. The Balaban J connectivity index is 3.73. The molecule has 0 N–H and O–H groups in total. The highest BCUT2D eigenvalue weighted by Gasteiger charge is 2.19. The van der Waals surface area contributed by atoms with Crippen LogP contribution in [0.5, 0.6) is 0 Å². The molecule has 0 atom stereocenters. The lowest BCUT2D eigenvalue weighted by Crippen LogP contribution is -2.18. The number of carbonyl (C=O) groups is 1. The Morgan fingerprint density at radius 2 is 2.07 bits per heavy atom. The zero-order valence-corrected chi connectivity index (χ0v) is 11.0. The molecule has 0 aliphatic carbocycles. The van der Waals surface area contributed by atoms with E-state index in [4.69, 9.17) is 9.16 Å². The average Bonchev–Trinajstić information content (AvgIpc) is 2.03. The van der Waals surface area contributed by atoms with Gasteiger partial charge in [0.1, 0.15) is 0 Å². The second kappa shape index (κ2) is 5.98. The number of hydrogen-bond donors (Lipinski definition) is 0. The van der Waals surface area contributed by atoms with Crippen LogP contribution in [0.15, 0.2) is 12.2 Å². The first-order chi connectivity index (χ1) is 6.39.